The molecule has 0 radical (unpaired) electrons. The summed E-state index contributed by atoms with van der Waals surface area (Å²) in [6.07, 6.45) is 3.69. The summed E-state index contributed by atoms with van der Waals surface area (Å²) < 4.78 is 2.45. The second kappa shape index (κ2) is 12.3. The minimum atomic E-state index is -0.130. The van der Waals surface area contributed by atoms with Crippen molar-refractivity contribution in [3.05, 3.63) is 199 Å². The number of para-hydroxylation sites is 1. The number of benzene rings is 8. The van der Waals surface area contributed by atoms with Gasteiger partial charge in [-0.2, -0.15) is 0 Å². The molecule has 0 saturated carbocycles. The highest BCUT2D eigenvalue weighted by Gasteiger charge is 2.36. The van der Waals surface area contributed by atoms with Crippen molar-refractivity contribution in [1.29, 1.82) is 0 Å². The first kappa shape index (κ1) is 32.8. The molecule has 0 aliphatic heterocycles. The molecule has 0 N–H and O–H groups in total. The van der Waals surface area contributed by atoms with Crippen molar-refractivity contribution in [1.82, 2.24) is 14.5 Å². The fourth-order valence-corrected chi connectivity index (χ4v) is 9.78. The van der Waals surface area contributed by atoms with Crippen molar-refractivity contribution >= 4 is 54.4 Å². The van der Waals surface area contributed by atoms with Crippen molar-refractivity contribution in [3.8, 4) is 50.2 Å². The van der Waals surface area contributed by atoms with Crippen LogP contribution in [0, 0.1) is 0 Å². The molecule has 0 saturated heterocycles. The summed E-state index contributed by atoms with van der Waals surface area (Å²) in [6.45, 7) is 4.74. The summed E-state index contributed by atoms with van der Waals surface area (Å²) in [4.78, 5) is 9.38. The summed E-state index contributed by atoms with van der Waals surface area (Å²) >= 11 is 0. The van der Waals surface area contributed by atoms with Crippen molar-refractivity contribution in [2.75, 3.05) is 0 Å². The molecule has 0 unspecified atom stereocenters. The molecule has 12 rings (SSSR count). The fourth-order valence-electron chi connectivity index (χ4n) is 9.78. The lowest BCUT2D eigenvalue weighted by Gasteiger charge is -2.22. The maximum Gasteiger partial charge on any atom is 0.0970 e. The van der Waals surface area contributed by atoms with Crippen LogP contribution < -0.4 is 0 Å². The summed E-state index contributed by atoms with van der Waals surface area (Å²) in [5, 5.41) is 7.24. The quantitative estimate of drug-likeness (QED) is 0.168. The number of rotatable bonds is 4. The van der Waals surface area contributed by atoms with Gasteiger partial charge in [0.15, 0.2) is 0 Å². The number of nitrogens with zero attached hydrogens (tertiary/aromatic N) is 3. The normalized spacial score (nSPS) is 13.1. The largest absolute Gasteiger partial charge is 0.309 e. The van der Waals surface area contributed by atoms with Gasteiger partial charge in [-0.15, -0.1) is 0 Å². The van der Waals surface area contributed by atoms with Crippen LogP contribution in [0.15, 0.2) is 188 Å². The Labute approximate surface area is 336 Å². The molecule has 8 aromatic carbocycles. The van der Waals surface area contributed by atoms with E-state index in [4.69, 9.17) is 4.98 Å². The van der Waals surface area contributed by atoms with Gasteiger partial charge in [0.2, 0.25) is 0 Å². The van der Waals surface area contributed by atoms with Crippen molar-refractivity contribution in [3.63, 3.8) is 0 Å². The predicted molar refractivity (Wildman–Crippen MR) is 243 cm³/mol. The minimum absolute atomic E-state index is 0.130. The van der Waals surface area contributed by atoms with E-state index in [-0.39, 0.29) is 5.41 Å². The molecule has 11 aromatic rings. The van der Waals surface area contributed by atoms with Crippen LogP contribution in [0.5, 0.6) is 0 Å². The van der Waals surface area contributed by atoms with Gasteiger partial charge < -0.3 is 4.57 Å². The van der Waals surface area contributed by atoms with Crippen LogP contribution in [0.2, 0.25) is 0 Å². The van der Waals surface area contributed by atoms with E-state index in [0.717, 1.165) is 21.8 Å². The Balaban J connectivity index is 0.932. The van der Waals surface area contributed by atoms with E-state index >= 15 is 0 Å². The van der Waals surface area contributed by atoms with Crippen molar-refractivity contribution < 1.29 is 0 Å². The van der Waals surface area contributed by atoms with E-state index in [2.05, 4.69) is 187 Å². The molecule has 1 aliphatic carbocycles. The first-order chi connectivity index (χ1) is 28.5. The summed E-state index contributed by atoms with van der Waals surface area (Å²) in [6, 6.07) is 64.8. The Morgan fingerprint density at radius 2 is 1.02 bits per heavy atom. The SMILES string of the molecule is CC1(C)c2ccc(-c3ccc4c5ccccc5n(-c5cccc6ccccc56)c4c3)cc2-c2ccc(-c3ccc(-c4cc5cccnc5c5ncccc45)cc3)cc21. The Morgan fingerprint density at radius 1 is 0.379 bits per heavy atom. The van der Waals surface area contributed by atoms with Crippen LogP contribution >= 0.6 is 0 Å². The highest BCUT2D eigenvalue weighted by molar-refractivity contribution is 6.12. The Kier molecular flexibility index (Phi) is 6.98. The lowest BCUT2D eigenvalue weighted by atomic mass is 9.81. The third-order valence-corrected chi connectivity index (χ3v) is 12.7. The molecule has 0 atom stereocenters. The van der Waals surface area contributed by atoms with Crippen molar-refractivity contribution in [2.24, 2.45) is 0 Å². The second-order valence-corrected chi connectivity index (χ2v) is 16.2. The van der Waals surface area contributed by atoms with Gasteiger partial charge in [-0.1, -0.05) is 141 Å². The predicted octanol–water partition coefficient (Wildman–Crippen LogP) is 14.3. The van der Waals surface area contributed by atoms with Crippen LogP contribution in [0.25, 0.3) is 105 Å². The Hall–Kier alpha value is -7.36. The molecule has 3 heteroatoms. The van der Waals surface area contributed by atoms with Gasteiger partial charge in [-0.3, -0.25) is 9.97 Å². The van der Waals surface area contributed by atoms with E-state index in [1.54, 1.807) is 0 Å². The second-order valence-electron chi connectivity index (χ2n) is 16.2. The topological polar surface area (TPSA) is 30.7 Å². The minimum Gasteiger partial charge on any atom is -0.309 e. The number of hydrogen-bond acceptors (Lipinski definition) is 2. The van der Waals surface area contributed by atoms with Gasteiger partial charge in [0.05, 0.1) is 27.8 Å². The average Bonchev–Trinajstić information content (AvgIpc) is 3.73. The number of fused-ring (bicyclic) bond motifs is 10. The molecule has 0 spiro atoms. The standard InChI is InChI=1S/C55H37N3/c1-55(2)48-27-24-37(39-23-26-44-43-14-5-6-16-51(43)58(52(44)33-39)50-17-7-11-35-10-3-4-13-41(35)50)30-47(48)42-25-22-38(32-49(42)55)34-18-20-36(21-19-34)46-31-40-12-8-28-56-53(40)54-45(46)15-9-29-57-54/h3-33H,1-2H3. The third-order valence-electron chi connectivity index (χ3n) is 12.7. The van der Waals surface area contributed by atoms with Gasteiger partial charge >= 0.3 is 0 Å². The van der Waals surface area contributed by atoms with Crippen LogP contribution in [-0.4, -0.2) is 14.5 Å². The molecule has 0 bridgehead atoms. The molecular weight excluding hydrogens is 703 g/mol. The molecule has 272 valence electrons. The van der Waals surface area contributed by atoms with Gasteiger partial charge in [-0.25, -0.2) is 0 Å². The zero-order chi connectivity index (χ0) is 38.5. The molecule has 3 heterocycles. The lowest BCUT2D eigenvalue weighted by Crippen LogP contribution is -2.15. The molecule has 3 nitrogen and oxygen atoms in total. The highest BCUT2D eigenvalue weighted by atomic mass is 15.0. The molecule has 1 aliphatic rings. The van der Waals surface area contributed by atoms with Crippen LogP contribution in [0.4, 0.5) is 0 Å². The molecule has 0 fully saturated rings. The Bertz CT molecular complexity index is 3470. The van der Waals surface area contributed by atoms with Crippen LogP contribution in [0.3, 0.4) is 0 Å². The van der Waals surface area contributed by atoms with E-state index in [0.29, 0.717) is 0 Å². The summed E-state index contributed by atoms with van der Waals surface area (Å²) in [5.41, 5.74) is 18.0. The molecular formula is C55H37N3. The van der Waals surface area contributed by atoms with Gasteiger partial charge in [0.25, 0.3) is 0 Å². The van der Waals surface area contributed by atoms with E-state index < -0.39 is 0 Å². The first-order valence-electron chi connectivity index (χ1n) is 20.1. The summed E-state index contributed by atoms with van der Waals surface area (Å²) in [5.74, 6) is 0. The lowest BCUT2D eigenvalue weighted by molar-refractivity contribution is 0.660. The molecule has 58 heavy (non-hydrogen) atoms. The Morgan fingerprint density at radius 3 is 1.91 bits per heavy atom. The van der Waals surface area contributed by atoms with Gasteiger partial charge in [-0.05, 0) is 110 Å². The van der Waals surface area contributed by atoms with Crippen LogP contribution in [0.1, 0.15) is 25.0 Å². The van der Waals surface area contributed by atoms with Crippen molar-refractivity contribution in [2.45, 2.75) is 19.3 Å². The van der Waals surface area contributed by atoms with Gasteiger partial charge in [0, 0.05) is 44.7 Å². The number of aromatic nitrogens is 3. The molecule has 0 amide bonds. The average molecular weight is 740 g/mol. The fraction of sp³-hybridized carbons (Fsp3) is 0.0545. The highest BCUT2D eigenvalue weighted by Crippen LogP contribution is 2.51. The monoisotopic (exact) mass is 739 g/mol. The number of hydrogen-bond donors (Lipinski definition) is 0. The van der Waals surface area contributed by atoms with Crippen LogP contribution in [-0.2, 0) is 5.41 Å². The third kappa shape index (κ3) is 4.80. The zero-order valence-corrected chi connectivity index (χ0v) is 32.2. The first-order valence-corrected chi connectivity index (χ1v) is 20.1. The maximum absolute atomic E-state index is 4.73. The van der Waals surface area contributed by atoms with E-state index in [1.165, 1.54) is 93.9 Å². The number of pyridine rings is 2. The summed E-state index contributed by atoms with van der Waals surface area (Å²) in [7, 11) is 0. The molecule has 3 aromatic heterocycles. The van der Waals surface area contributed by atoms with E-state index in [1.807, 2.05) is 24.5 Å². The van der Waals surface area contributed by atoms with E-state index in [9.17, 15) is 0 Å². The smallest absolute Gasteiger partial charge is 0.0970 e. The maximum atomic E-state index is 4.73. The zero-order valence-electron chi connectivity index (χ0n) is 32.2. The van der Waals surface area contributed by atoms with Gasteiger partial charge in [0.1, 0.15) is 0 Å².